The molecule has 1 atom stereocenters. The zero-order valence-electron chi connectivity index (χ0n) is 9.73. The number of fused-ring (bicyclic) bond motifs is 1. The first-order valence-corrected chi connectivity index (χ1v) is 7.68. The van der Waals surface area contributed by atoms with Gasteiger partial charge in [-0.25, -0.2) is 0 Å². The van der Waals surface area contributed by atoms with Crippen molar-refractivity contribution in [1.29, 1.82) is 0 Å². The van der Waals surface area contributed by atoms with Crippen LogP contribution in [0.25, 0.3) is 0 Å². The predicted molar refractivity (Wildman–Crippen MR) is 73.4 cm³/mol. The van der Waals surface area contributed by atoms with Gasteiger partial charge in [0.2, 0.25) is 0 Å². The predicted octanol–water partition coefficient (Wildman–Crippen LogP) is 4.42. The minimum atomic E-state index is 0.113. The van der Waals surface area contributed by atoms with Crippen LogP contribution in [0.2, 0.25) is 0 Å². The number of hydrogen-bond donors (Lipinski definition) is 0. The molecule has 2 aromatic rings. The lowest BCUT2D eigenvalue weighted by atomic mass is 9.84. The number of aryl methyl sites for hydroxylation is 2. The standard InChI is InChI=1S/C14H14OS2/c1-9-5-7-17-14(9)13(15)11-3-2-4-12-10(11)6-8-16-12/h5-8,11H,2-4H2,1H3. The molecule has 2 heterocycles. The fraction of sp³-hybridized carbons (Fsp3) is 0.357. The van der Waals surface area contributed by atoms with Crippen LogP contribution < -0.4 is 0 Å². The van der Waals surface area contributed by atoms with E-state index in [0.29, 0.717) is 5.78 Å². The number of Topliss-reactive ketones (excluding diaryl/α,β-unsaturated/α-hetero) is 1. The van der Waals surface area contributed by atoms with E-state index in [4.69, 9.17) is 0 Å². The van der Waals surface area contributed by atoms with Gasteiger partial charge >= 0.3 is 0 Å². The monoisotopic (exact) mass is 262 g/mol. The van der Waals surface area contributed by atoms with Crippen LogP contribution in [-0.4, -0.2) is 5.78 Å². The topological polar surface area (TPSA) is 17.1 Å². The average Bonchev–Trinajstić information content (AvgIpc) is 2.95. The highest BCUT2D eigenvalue weighted by Crippen LogP contribution is 2.38. The smallest absolute Gasteiger partial charge is 0.180 e. The van der Waals surface area contributed by atoms with E-state index in [1.165, 1.54) is 10.4 Å². The molecule has 0 radical (unpaired) electrons. The number of ketones is 1. The molecule has 0 saturated carbocycles. The van der Waals surface area contributed by atoms with Crippen molar-refractivity contribution in [1.82, 2.24) is 0 Å². The van der Waals surface area contributed by atoms with Gasteiger partial charge in [-0.3, -0.25) is 4.79 Å². The summed E-state index contributed by atoms with van der Waals surface area (Å²) in [5.74, 6) is 0.444. The van der Waals surface area contributed by atoms with Crippen LogP contribution in [0.1, 0.15) is 44.4 Å². The Labute approximate surface area is 109 Å². The summed E-state index contributed by atoms with van der Waals surface area (Å²) in [5.41, 5.74) is 2.42. The molecule has 3 rings (SSSR count). The van der Waals surface area contributed by atoms with Crippen molar-refractivity contribution < 1.29 is 4.79 Å². The van der Waals surface area contributed by atoms with Crippen molar-refractivity contribution in [2.75, 3.05) is 0 Å². The fourth-order valence-corrected chi connectivity index (χ4v) is 4.45. The molecule has 3 heteroatoms. The Hall–Kier alpha value is -0.930. The quantitative estimate of drug-likeness (QED) is 0.732. The van der Waals surface area contributed by atoms with Crippen LogP contribution in [0.4, 0.5) is 0 Å². The number of hydrogen-bond acceptors (Lipinski definition) is 3. The molecule has 0 bridgehead atoms. The summed E-state index contributed by atoms with van der Waals surface area (Å²) < 4.78 is 0. The van der Waals surface area contributed by atoms with Gasteiger partial charge in [-0.15, -0.1) is 22.7 Å². The van der Waals surface area contributed by atoms with Gasteiger partial charge in [0, 0.05) is 10.8 Å². The number of carbonyl (C=O) groups excluding carboxylic acids is 1. The second-order valence-electron chi connectivity index (χ2n) is 4.54. The van der Waals surface area contributed by atoms with Gasteiger partial charge in [-0.05, 0) is 60.2 Å². The van der Waals surface area contributed by atoms with E-state index in [2.05, 4.69) is 11.4 Å². The SMILES string of the molecule is Cc1ccsc1C(=O)C1CCCc2sccc21. The number of carbonyl (C=O) groups is 1. The summed E-state index contributed by atoms with van der Waals surface area (Å²) in [4.78, 5) is 14.9. The molecule has 0 fully saturated rings. The normalized spacial score (nSPS) is 19.0. The van der Waals surface area contributed by atoms with E-state index in [1.807, 2.05) is 18.4 Å². The molecule has 1 nitrogen and oxygen atoms in total. The number of rotatable bonds is 2. The zero-order valence-corrected chi connectivity index (χ0v) is 11.4. The van der Waals surface area contributed by atoms with Crippen molar-refractivity contribution in [3.8, 4) is 0 Å². The largest absolute Gasteiger partial charge is 0.293 e. The molecular weight excluding hydrogens is 248 g/mol. The van der Waals surface area contributed by atoms with Crippen molar-refractivity contribution >= 4 is 28.5 Å². The molecule has 88 valence electrons. The van der Waals surface area contributed by atoms with Crippen molar-refractivity contribution in [2.45, 2.75) is 32.1 Å². The van der Waals surface area contributed by atoms with Crippen LogP contribution in [0.15, 0.2) is 22.9 Å². The zero-order chi connectivity index (χ0) is 11.8. The minimum absolute atomic E-state index is 0.113. The Morgan fingerprint density at radius 1 is 1.29 bits per heavy atom. The van der Waals surface area contributed by atoms with E-state index >= 15 is 0 Å². The molecule has 2 aromatic heterocycles. The first-order chi connectivity index (χ1) is 8.27. The van der Waals surface area contributed by atoms with E-state index in [1.54, 1.807) is 22.7 Å². The molecule has 0 spiro atoms. The molecule has 17 heavy (non-hydrogen) atoms. The first-order valence-electron chi connectivity index (χ1n) is 5.92. The molecule has 1 aliphatic rings. The highest BCUT2D eigenvalue weighted by atomic mass is 32.1. The van der Waals surface area contributed by atoms with E-state index in [-0.39, 0.29) is 5.92 Å². The van der Waals surface area contributed by atoms with E-state index in [0.717, 1.165) is 29.7 Å². The third kappa shape index (κ3) is 1.87. The Balaban J connectivity index is 1.97. The van der Waals surface area contributed by atoms with Crippen LogP contribution in [0.3, 0.4) is 0 Å². The molecule has 0 aromatic carbocycles. The maximum atomic E-state index is 12.6. The maximum absolute atomic E-state index is 12.6. The average molecular weight is 262 g/mol. The Kier molecular flexibility index (Phi) is 2.89. The van der Waals surface area contributed by atoms with E-state index < -0.39 is 0 Å². The Morgan fingerprint density at radius 3 is 2.88 bits per heavy atom. The highest BCUT2D eigenvalue weighted by Gasteiger charge is 2.29. The van der Waals surface area contributed by atoms with Crippen molar-refractivity contribution in [3.05, 3.63) is 43.8 Å². The third-order valence-electron chi connectivity index (χ3n) is 3.45. The molecule has 1 unspecified atom stereocenters. The van der Waals surface area contributed by atoms with Crippen molar-refractivity contribution in [3.63, 3.8) is 0 Å². The summed E-state index contributed by atoms with van der Waals surface area (Å²) >= 11 is 3.38. The highest BCUT2D eigenvalue weighted by molar-refractivity contribution is 7.12. The van der Waals surface area contributed by atoms with Gasteiger partial charge < -0.3 is 0 Å². The first kappa shape index (κ1) is 11.2. The van der Waals surface area contributed by atoms with Gasteiger partial charge in [0.15, 0.2) is 5.78 Å². The second kappa shape index (κ2) is 4.39. The maximum Gasteiger partial charge on any atom is 0.180 e. The summed E-state index contributed by atoms with van der Waals surface area (Å²) in [6.07, 6.45) is 3.31. The van der Waals surface area contributed by atoms with E-state index in [9.17, 15) is 4.79 Å². The Bertz CT molecular complexity index is 550. The van der Waals surface area contributed by atoms with Gasteiger partial charge in [-0.2, -0.15) is 0 Å². The molecular formula is C14H14OS2. The second-order valence-corrected chi connectivity index (χ2v) is 6.46. The van der Waals surface area contributed by atoms with Gasteiger partial charge in [0.05, 0.1) is 4.88 Å². The van der Waals surface area contributed by atoms with Gasteiger partial charge in [0.1, 0.15) is 0 Å². The molecule has 0 N–H and O–H groups in total. The van der Waals surface area contributed by atoms with Gasteiger partial charge in [-0.1, -0.05) is 0 Å². The molecule has 0 aliphatic heterocycles. The molecule has 1 aliphatic carbocycles. The summed E-state index contributed by atoms with van der Waals surface area (Å²) in [6, 6.07) is 4.18. The summed E-state index contributed by atoms with van der Waals surface area (Å²) in [6.45, 7) is 2.03. The lowest BCUT2D eigenvalue weighted by molar-refractivity contribution is 0.0955. The summed E-state index contributed by atoms with van der Waals surface area (Å²) in [5, 5.41) is 4.14. The van der Waals surface area contributed by atoms with Crippen molar-refractivity contribution in [2.24, 2.45) is 0 Å². The molecule has 0 saturated heterocycles. The van der Waals surface area contributed by atoms with Gasteiger partial charge in [0.25, 0.3) is 0 Å². The minimum Gasteiger partial charge on any atom is -0.293 e. The van der Waals surface area contributed by atoms with Crippen LogP contribution in [-0.2, 0) is 6.42 Å². The van der Waals surface area contributed by atoms with Crippen LogP contribution in [0, 0.1) is 6.92 Å². The molecule has 0 amide bonds. The van der Waals surface area contributed by atoms with Crippen LogP contribution in [0.5, 0.6) is 0 Å². The fourth-order valence-electron chi connectivity index (χ4n) is 2.54. The summed E-state index contributed by atoms with van der Waals surface area (Å²) in [7, 11) is 0. The lowest BCUT2D eigenvalue weighted by Gasteiger charge is -2.21. The van der Waals surface area contributed by atoms with Crippen LogP contribution >= 0.6 is 22.7 Å². The Morgan fingerprint density at radius 2 is 2.12 bits per heavy atom. The lowest BCUT2D eigenvalue weighted by Crippen LogP contribution is -2.17. The number of thiophene rings is 2. The third-order valence-corrected chi connectivity index (χ3v) is 5.48.